The van der Waals surface area contributed by atoms with Gasteiger partial charge in [-0.2, -0.15) is 0 Å². The number of aliphatic hydroxyl groups excluding tert-OH is 1. The number of ketones is 1. The predicted octanol–water partition coefficient (Wildman–Crippen LogP) is 5.40. The SMILES string of the molecule is COc1ccc([C@H]2/C(=C(\O)c3ccc4c(c3)C[C@@H](C)O4)C(=O)C(=O)N2c2nc3ccc(F)cc3s2)cc1OC. The molecule has 0 saturated carbocycles. The number of aromatic nitrogens is 1. The van der Waals surface area contributed by atoms with Crippen LogP contribution in [0.5, 0.6) is 17.2 Å². The number of fused-ring (bicyclic) bond motifs is 2. The fraction of sp³-hybridized carbons (Fsp3) is 0.207. The summed E-state index contributed by atoms with van der Waals surface area (Å²) in [5, 5.41) is 11.7. The fourth-order valence-corrected chi connectivity index (χ4v) is 6.10. The number of carbonyl (C=O) groups is 2. The molecule has 39 heavy (non-hydrogen) atoms. The van der Waals surface area contributed by atoms with Gasteiger partial charge in [-0.1, -0.05) is 17.4 Å². The van der Waals surface area contributed by atoms with Crippen LogP contribution in [0.4, 0.5) is 9.52 Å². The average Bonchev–Trinajstić information content (AvgIpc) is 3.59. The Labute approximate surface area is 226 Å². The lowest BCUT2D eigenvalue weighted by Crippen LogP contribution is -2.29. The molecule has 2 aliphatic rings. The number of thiazole rings is 1. The maximum absolute atomic E-state index is 13.9. The van der Waals surface area contributed by atoms with Crippen LogP contribution in [-0.4, -0.2) is 42.1 Å². The summed E-state index contributed by atoms with van der Waals surface area (Å²) in [6, 6.07) is 13.3. The number of anilines is 1. The van der Waals surface area contributed by atoms with E-state index in [2.05, 4.69) is 4.98 Å². The minimum absolute atomic E-state index is 0.00128. The minimum Gasteiger partial charge on any atom is -0.507 e. The molecule has 1 amide bonds. The number of halogens is 1. The van der Waals surface area contributed by atoms with Gasteiger partial charge in [0.15, 0.2) is 16.6 Å². The Morgan fingerprint density at radius 3 is 2.64 bits per heavy atom. The number of Topliss-reactive ketones (excluding diaryl/α,β-unsaturated/α-hetero) is 1. The summed E-state index contributed by atoms with van der Waals surface area (Å²) in [5.41, 5.74) is 2.18. The molecule has 10 heteroatoms. The summed E-state index contributed by atoms with van der Waals surface area (Å²) in [6.07, 6.45) is 0.658. The van der Waals surface area contributed by atoms with Gasteiger partial charge in [0, 0.05) is 12.0 Å². The van der Waals surface area contributed by atoms with Crippen LogP contribution >= 0.6 is 11.3 Å². The number of amides is 1. The molecule has 0 radical (unpaired) electrons. The molecule has 3 heterocycles. The highest BCUT2D eigenvalue weighted by Crippen LogP contribution is 2.46. The van der Waals surface area contributed by atoms with Crippen LogP contribution in [-0.2, 0) is 16.0 Å². The van der Waals surface area contributed by atoms with E-state index in [0.29, 0.717) is 39.3 Å². The van der Waals surface area contributed by atoms with Gasteiger partial charge in [-0.05, 0) is 66.6 Å². The Morgan fingerprint density at radius 2 is 1.87 bits per heavy atom. The molecular formula is C29H23FN2O6S. The molecule has 0 aliphatic carbocycles. The summed E-state index contributed by atoms with van der Waals surface area (Å²) in [4.78, 5) is 32.9. The lowest BCUT2D eigenvalue weighted by atomic mass is 9.94. The summed E-state index contributed by atoms with van der Waals surface area (Å²) >= 11 is 1.08. The van der Waals surface area contributed by atoms with Crippen molar-refractivity contribution in [1.82, 2.24) is 4.98 Å². The van der Waals surface area contributed by atoms with Gasteiger partial charge in [-0.25, -0.2) is 9.37 Å². The zero-order chi connectivity index (χ0) is 27.4. The second kappa shape index (κ2) is 9.39. The van der Waals surface area contributed by atoms with E-state index < -0.39 is 23.5 Å². The molecule has 2 atom stereocenters. The van der Waals surface area contributed by atoms with Crippen molar-refractivity contribution in [3.05, 3.63) is 82.7 Å². The van der Waals surface area contributed by atoms with Gasteiger partial charge >= 0.3 is 5.91 Å². The Kier molecular flexibility index (Phi) is 5.99. The predicted molar refractivity (Wildman–Crippen MR) is 144 cm³/mol. The highest BCUT2D eigenvalue weighted by molar-refractivity contribution is 7.22. The van der Waals surface area contributed by atoms with E-state index in [9.17, 15) is 19.1 Å². The van der Waals surface area contributed by atoms with Gasteiger partial charge in [0.1, 0.15) is 23.4 Å². The highest BCUT2D eigenvalue weighted by Gasteiger charge is 2.48. The number of carbonyl (C=O) groups excluding carboxylic acids is 2. The van der Waals surface area contributed by atoms with Crippen LogP contribution in [0.25, 0.3) is 16.0 Å². The van der Waals surface area contributed by atoms with E-state index in [1.807, 2.05) is 6.92 Å². The van der Waals surface area contributed by atoms with Crippen LogP contribution in [0.3, 0.4) is 0 Å². The molecule has 0 unspecified atom stereocenters. The van der Waals surface area contributed by atoms with Crippen molar-refractivity contribution in [3.8, 4) is 17.2 Å². The van der Waals surface area contributed by atoms with Crippen molar-refractivity contribution in [2.75, 3.05) is 19.1 Å². The van der Waals surface area contributed by atoms with E-state index in [0.717, 1.165) is 22.6 Å². The number of hydrogen-bond acceptors (Lipinski definition) is 8. The standard InChI is InChI=1S/C29H23FN2O6S/c1-14-10-17-11-16(5-8-20(17)38-14)26(33)24-25(15-4-9-21(36-2)22(12-15)37-3)32(28(35)27(24)34)29-31-19-7-6-18(30)13-23(19)39-29/h4-9,11-14,25,33H,10H2,1-3H3/b26-24+/t14-,25+/m1/s1. The third-order valence-corrected chi connectivity index (χ3v) is 7.90. The summed E-state index contributed by atoms with van der Waals surface area (Å²) in [7, 11) is 2.98. The van der Waals surface area contributed by atoms with Crippen molar-refractivity contribution in [1.29, 1.82) is 0 Å². The first-order valence-corrected chi connectivity index (χ1v) is 13.0. The van der Waals surface area contributed by atoms with Crippen LogP contribution in [0, 0.1) is 5.82 Å². The summed E-state index contributed by atoms with van der Waals surface area (Å²) in [6.45, 7) is 1.95. The molecule has 1 saturated heterocycles. The number of ether oxygens (including phenoxy) is 3. The molecule has 8 nitrogen and oxygen atoms in total. The first-order chi connectivity index (χ1) is 18.8. The van der Waals surface area contributed by atoms with Crippen molar-refractivity contribution < 1.29 is 33.3 Å². The monoisotopic (exact) mass is 546 g/mol. The third kappa shape index (κ3) is 4.08. The molecule has 4 aromatic rings. The Balaban J connectivity index is 1.55. The fourth-order valence-electron chi connectivity index (χ4n) is 5.08. The van der Waals surface area contributed by atoms with Gasteiger partial charge in [-0.15, -0.1) is 0 Å². The number of aliphatic hydroxyl groups is 1. The normalized spacial score (nSPS) is 19.8. The van der Waals surface area contributed by atoms with Crippen molar-refractivity contribution in [2.45, 2.75) is 25.5 Å². The Hall–Kier alpha value is -4.44. The second-order valence-corrected chi connectivity index (χ2v) is 10.4. The summed E-state index contributed by atoms with van der Waals surface area (Å²) < 4.78 is 31.0. The average molecular weight is 547 g/mol. The zero-order valence-electron chi connectivity index (χ0n) is 21.2. The lowest BCUT2D eigenvalue weighted by molar-refractivity contribution is -0.132. The first-order valence-electron chi connectivity index (χ1n) is 12.2. The number of hydrogen-bond donors (Lipinski definition) is 1. The molecule has 1 aromatic heterocycles. The smallest absolute Gasteiger partial charge is 0.301 e. The van der Waals surface area contributed by atoms with Gasteiger partial charge in [-0.3, -0.25) is 14.5 Å². The minimum atomic E-state index is -1.03. The molecule has 0 bridgehead atoms. The number of methoxy groups -OCH3 is 2. The third-order valence-electron chi connectivity index (χ3n) is 6.88. The quantitative estimate of drug-likeness (QED) is 0.203. The maximum Gasteiger partial charge on any atom is 0.301 e. The molecule has 0 spiro atoms. The number of rotatable bonds is 5. The molecule has 1 N–H and O–H groups in total. The largest absolute Gasteiger partial charge is 0.507 e. The lowest BCUT2D eigenvalue weighted by Gasteiger charge is -2.23. The van der Waals surface area contributed by atoms with Crippen molar-refractivity contribution >= 4 is 44.1 Å². The van der Waals surface area contributed by atoms with Crippen LogP contribution in [0.1, 0.15) is 29.7 Å². The highest BCUT2D eigenvalue weighted by atomic mass is 32.1. The van der Waals surface area contributed by atoms with Gasteiger partial charge in [0.2, 0.25) is 0 Å². The zero-order valence-corrected chi connectivity index (χ0v) is 22.0. The van der Waals surface area contributed by atoms with Crippen molar-refractivity contribution in [3.63, 3.8) is 0 Å². The molecule has 2 aliphatic heterocycles. The van der Waals surface area contributed by atoms with Gasteiger partial charge in [0.05, 0.1) is 36.1 Å². The van der Waals surface area contributed by atoms with E-state index >= 15 is 0 Å². The van der Waals surface area contributed by atoms with Crippen LogP contribution in [0.2, 0.25) is 0 Å². The van der Waals surface area contributed by atoms with Crippen LogP contribution in [0.15, 0.2) is 60.2 Å². The van der Waals surface area contributed by atoms with Crippen molar-refractivity contribution in [2.24, 2.45) is 0 Å². The van der Waals surface area contributed by atoms with Gasteiger partial charge < -0.3 is 19.3 Å². The molecular weight excluding hydrogens is 523 g/mol. The summed E-state index contributed by atoms with van der Waals surface area (Å²) in [5.74, 6) is -0.900. The molecule has 1 fully saturated rings. The molecule has 3 aromatic carbocycles. The molecule has 198 valence electrons. The van der Waals surface area contributed by atoms with E-state index in [1.54, 1.807) is 36.4 Å². The topological polar surface area (TPSA) is 98.2 Å². The Bertz CT molecular complexity index is 1700. The number of nitrogens with zero attached hydrogens (tertiary/aromatic N) is 2. The van der Waals surface area contributed by atoms with E-state index in [-0.39, 0.29) is 22.6 Å². The van der Waals surface area contributed by atoms with E-state index in [4.69, 9.17) is 14.2 Å². The van der Waals surface area contributed by atoms with E-state index in [1.165, 1.54) is 37.3 Å². The first kappa shape index (κ1) is 24.9. The maximum atomic E-state index is 13.9. The second-order valence-electron chi connectivity index (χ2n) is 9.35. The van der Waals surface area contributed by atoms with Gasteiger partial charge in [0.25, 0.3) is 5.78 Å². The molecule has 6 rings (SSSR count). The Morgan fingerprint density at radius 1 is 1.08 bits per heavy atom. The van der Waals surface area contributed by atoms with Crippen LogP contribution < -0.4 is 19.1 Å². The number of benzene rings is 3.